The third-order valence-corrected chi connectivity index (χ3v) is 3.96. The average molecular weight is 352 g/mol. The minimum absolute atomic E-state index is 0.110. The molecule has 0 aliphatic carbocycles. The molecule has 7 heteroatoms. The molecule has 0 radical (unpaired) electrons. The highest BCUT2D eigenvalue weighted by Crippen LogP contribution is 2.27. The van der Waals surface area contributed by atoms with Crippen molar-refractivity contribution >= 4 is 12.0 Å². The fourth-order valence-electron chi connectivity index (χ4n) is 2.72. The minimum Gasteiger partial charge on any atom is -0.488 e. The number of aromatic nitrogens is 2. The number of hydrogen-bond donors (Lipinski definition) is 0. The van der Waals surface area contributed by atoms with Gasteiger partial charge in [0.05, 0.1) is 11.1 Å². The van der Waals surface area contributed by atoms with E-state index in [9.17, 15) is 4.79 Å². The van der Waals surface area contributed by atoms with Crippen LogP contribution in [0.1, 0.15) is 23.0 Å². The third-order valence-electron chi connectivity index (χ3n) is 3.96. The Morgan fingerprint density at radius 1 is 1.19 bits per heavy atom. The molecule has 2 aromatic heterocycles. The fraction of sp³-hybridized carbons (Fsp3) is 0.211. The van der Waals surface area contributed by atoms with E-state index in [1.54, 1.807) is 6.08 Å². The number of hydrogen-bond acceptors (Lipinski definition) is 7. The number of fused-ring (bicyclic) bond motifs is 1. The Morgan fingerprint density at radius 2 is 2.04 bits per heavy atom. The van der Waals surface area contributed by atoms with Crippen molar-refractivity contribution in [2.24, 2.45) is 0 Å². The van der Waals surface area contributed by atoms with Crippen molar-refractivity contribution in [2.45, 2.75) is 20.5 Å². The van der Waals surface area contributed by atoms with Crippen LogP contribution < -0.4 is 4.74 Å². The van der Waals surface area contributed by atoms with Crippen molar-refractivity contribution < 1.29 is 23.1 Å². The van der Waals surface area contributed by atoms with Crippen LogP contribution in [0, 0.1) is 13.8 Å². The van der Waals surface area contributed by atoms with Gasteiger partial charge in [-0.1, -0.05) is 18.2 Å². The first-order valence-corrected chi connectivity index (χ1v) is 8.09. The predicted molar refractivity (Wildman–Crippen MR) is 91.2 cm³/mol. The summed E-state index contributed by atoms with van der Waals surface area (Å²) >= 11 is 0. The molecule has 1 aliphatic heterocycles. The SMILES string of the molecule is Cc1cc(-c2nnc(COC(=O)C3=Cc4ccccc4OC3)o2)c(C)o1. The number of aryl methyl sites for hydroxylation is 2. The fourth-order valence-corrected chi connectivity index (χ4v) is 2.72. The summed E-state index contributed by atoms with van der Waals surface area (Å²) in [5.41, 5.74) is 2.01. The Labute approximate surface area is 149 Å². The van der Waals surface area contributed by atoms with Gasteiger partial charge in [-0.05, 0) is 32.1 Å². The van der Waals surface area contributed by atoms with Gasteiger partial charge in [0.15, 0.2) is 6.61 Å². The molecule has 26 heavy (non-hydrogen) atoms. The second-order valence-corrected chi connectivity index (χ2v) is 5.90. The van der Waals surface area contributed by atoms with Crippen molar-refractivity contribution in [3.05, 3.63) is 58.9 Å². The summed E-state index contributed by atoms with van der Waals surface area (Å²) in [5.74, 6) is 2.26. The molecule has 1 aliphatic rings. The van der Waals surface area contributed by atoms with Gasteiger partial charge in [0.1, 0.15) is 23.9 Å². The molecule has 0 amide bonds. The molecule has 3 aromatic rings. The van der Waals surface area contributed by atoms with Crippen LogP contribution in [0.15, 0.2) is 44.7 Å². The molecule has 0 saturated heterocycles. The number of ether oxygens (including phenoxy) is 2. The largest absolute Gasteiger partial charge is 0.488 e. The topological polar surface area (TPSA) is 87.6 Å². The summed E-state index contributed by atoms with van der Waals surface area (Å²) in [4.78, 5) is 12.2. The highest BCUT2D eigenvalue weighted by atomic mass is 16.5. The molecule has 0 fully saturated rings. The Balaban J connectivity index is 1.43. The van der Waals surface area contributed by atoms with Crippen molar-refractivity contribution in [1.82, 2.24) is 10.2 Å². The lowest BCUT2D eigenvalue weighted by Crippen LogP contribution is -2.17. The van der Waals surface area contributed by atoms with Crippen molar-refractivity contribution in [1.29, 1.82) is 0 Å². The van der Waals surface area contributed by atoms with Gasteiger partial charge in [-0.3, -0.25) is 0 Å². The summed E-state index contributed by atoms with van der Waals surface area (Å²) in [6.07, 6.45) is 1.76. The van der Waals surface area contributed by atoms with E-state index in [2.05, 4.69) is 10.2 Å². The minimum atomic E-state index is -0.477. The number of nitrogens with zero attached hydrogens (tertiary/aromatic N) is 2. The van der Waals surface area contributed by atoms with Gasteiger partial charge in [-0.2, -0.15) is 0 Å². The first-order chi connectivity index (χ1) is 12.6. The van der Waals surface area contributed by atoms with Crippen LogP contribution in [0.5, 0.6) is 5.75 Å². The standard InChI is InChI=1S/C19H16N2O5/c1-11-7-15(12(2)25-11)18-21-20-17(26-18)10-24-19(22)14-8-13-5-3-4-6-16(13)23-9-14/h3-8H,9-10H2,1-2H3. The van der Waals surface area contributed by atoms with E-state index in [0.717, 1.165) is 22.6 Å². The van der Waals surface area contributed by atoms with Gasteiger partial charge in [0.2, 0.25) is 0 Å². The molecule has 4 rings (SSSR count). The second-order valence-electron chi connectivity index (χ2n) is 5.90. The van der Waals surface area contributed by atoms with Gasteiger partial charge in [-0.25, -0.2) is 4.79 Å². The maximum Gasteiger partial charge on any atom is 0.338 e. The van der Waals surface area contributed by atoms with Gasteiger partial charge in [0.25, 0.3) is 11.8 Å². The first-order valence-electron chi connectivity index (χ1n) is 8.09. The number of benzene rings is 1. The molecular weight excluding hydrogens is 336 g/mol. The van der Waals surface area contributed by atoms with Gasteiger partial charge in [-0.15, -0.1) is 10.2 Å². The molecule has 0 saturated carbocycles. The van der Waals surface area contributed by atoms with Crippen LogP contribution in [-0.4, -0.2) is 22.8 Å². The van der Waals surface area contributed by atoms with Crippen LogP contribution >= 0.6 is 0 Å². The van der Waals surface area contributed by atoms with E-state index >= 15 is 0 Å². The maximum absolute atomic E-state index is 12.2. The molecule has 132 valence electrons. The van der Waals surface area contributed by atoms with E-state index in [-0.39, 0.29) is 19.1 Å². The second kappa shape index (κ2) is 6.51. The van der Waals surface area contributed by atoms with Crippen LogP contribution in [0.3, 0.4) is 0 Å². The first kappa shape index (κ1) is 16.1. The van der Waals surface area contributed by atoms with Crippen LogP contribution in [-0.2, 0) is 16.1 Å². The summed E-state index contributed by atoms with van der Waals surface area (Å²) in [6, 6.07) is 9.31. The van der Waals surface area contributed by atoms with Gasteiger partial charge >= 0.3 is 5.97 Å². The summed E-state index contributed by atoms with van der Waals surface area (Å²) < 4.78 is 21.8. The zero-order valence-electron chi connectivity index (χ0n) is 14.3. The van der Waals surface area contributed by atoms with E-state index < -0.39 is 5.97 Å². The van der Waals surface area contributed by atoms with Crippen LogP contribution in [0.4, 0.5) is 0 Å². The molecule has 7 nitrogen and oxygen atoms in total. The lowest BCUT2D eigenvalue weighted by molar-refractivity contribution is -0.141. The average Bonchev–Trinajstić information content (AvgIpc) is 3.25. The van der Waals surface area contributed by atoms with E-state index in [4.69, 9.17) is 18.3 Å². The molecule has 1 aromatic carbocycles. The number of furan rings is 1. The highest BCUT2D eigenvalue weighted by Gasteiger charge is 2.20. The number of esters is 1. The number of carbonyl (C=O) groups is 1. The summed E-state index contributed by atoms with van der Waals surface area (Å²) in [5, 5.41) is 7.88. The Morgan fingerprint density at radius 3 is 2.85 bits per heavy atom. The molecule has 0 N–H and O–H groups in total. The Kier molecular flexibility index (Phi) is 4.04. The van der Waals surface area contributed by atoms with Gasteiger partial charge in [0, 0.05) is 5.56 Å². The molecule has 3 heterocycles. The molecule has 0 spiro atoms. The maximum atomic E-state index is 12.2. The quantitative estimate of drug-likeness (QED) is 0.664. The summed E-state index contributed by atoms with van der Waals surface area (Å²) in [7, 11) is 0. The highest BCUT2D eigenvalue weighted by molar-refractivity contribution is 5.95. The van der Waals surface area contributed by atoms with Crippen LogP contribution in [0.25, 0.3) is 17.5 Å². The monoisotopic (exact) mass is 352 g/mol. The van der Waals surface area contributed by atoms with Gasteiger partial charge < -0.3 is 18.3 Å². The third kappa shape index (κ3) is 3.11. The molecule has 0 bridgehead atoms. The zero-order chi connectivity index (χ0) is 18.1. The molecule has 0 atom stereocenters. The lowest BCUT2D eigenvalue weighted by atomic mass is 10.1. The van der Waals surface area contributed by atoms with Crippen molar-refractivity contribution in [2.75, 3.05) is 6.61 Å². The normalized spacial score (nSPS) is 12.9. The van der Waals surface area contributed by atoms with E-state index in [1.165, 1.54) is 0 Å². The summed E-state index contributed by atoms with van der Waals surface area (Å²) in [6.45, 7) is 3.71. The molecular formula is C19H16N2O5. The Bertz CT molecular complexity index is 999. The van der Waals surface area contributed by atoms with Crippen molar-refractivity contribution in [3.8, 4) is 17.2 Å². The van der Waals surface area contributed by atoms with Crippen LogP contribution in [0.2, 0.25) is 0 Å². The predicted octanol–water partition coefficient (Wildman–Crippen LogP) is 3.47. The van der Waals surface area contributed by atoms with E-state index in [0.29, 0.717) is 17.2 Å². The molecule has 0 unspecified atom stereocenters. The lowest BCUT2D eigenvalue weighted by Gasteiger charge is -2.16. The Hall–Kier alpha value is -3.35. The number of rotatable bonds is 4. The van der Waals surface area contributed by atoms with E-state index in [1.807, 2.05) is 44.2 Å². The smallest absolute Gasteiger partial charge is 0.338 e. The number of carbonyl (C=O) groups excluding carboxylic acids is 1. The van der Waals surface area contributed by atoms with Crippen molar-refractivity contribution in [3.63, 3.8) is 0 Å². The number of para-hydroxylation sites is 1. The zero-order valence-corrected chi connectivity index (χ0v) is 14.3.